The highest BCUT2D eigenvalue weighted by Gasteiger charge is 2.34. The number of carbonyl (C=O) groups is 2. The molecule has 3 fully saturated rings. The van der Waals surface area contributed by atoms with Crippen LogP contribution in [0.5, 0.6) is 0 Å². The van der Waals surface area contributed by atoms with Gasteiger partial charge in [0, 0.05) is 18.8 Å². The molecule has 5 rings (SSSR count). The fourth-order valence-corrected chi connectivity index (χ4v) is 3.84. The largest absolute Gasteiger partial charge is 0.397 e. The Hall–Kier alpha value is -2.93. The first-order chi connectivity index (χ1) is 13.1. The molecular formula is C20H23N5O2. The number of nitrogens with one attached hydrogen (secondary N) is 2. The number of carbonyl (C=O) groups excluding carboxylic acids is 2. The van der Waals surface area contributed by atoms with Crippen LogP contribution >= 0.6 is 0 Å². The van der Waals surface area contributed by atoms with Crippen molar-refractivity contribution in [3.8, 4) is 0 Å². The summed E-state index contributed by atoms with van der Waals surface area (Å²) < 4.78 is 0. The maximum atomic E-state index is 12.5. The van der Waals surface area contributed by atoms with E-state index >= 15 is 0 Å². The lowest BCUT2D eigenvalue weighted by atomic mass is 9.84. The molecule has 7 nitrogen and oxygen atoms in total. The zero-order valence-electron chi connectivity index (χ0n) is 15.0. The molecule has 2 aromatic rings. The number of aromatic nitrogens is 1. The van der Waals surface area contributed by atoms with Crippen molar-refractivity contribution in [1.29, 1.82) is 0 Å². The first kappa shape index (κ1) is 17.5. The molecular weight excluding hydrogens is 342 g/mol. The molecule has 3 aliphatic heterocycles. The Bertz CT molecular complexity index is 844. The van der Waals surface area contributed by atoms with Crippen LogP contribution in [0.15, 0.2) is 42.6 Å². The van der Waals surface area contributed by atoms with Gasteiger partial charge in [-0.25, -0.2) is 0 Å². The van der Waals surface area contributed by atoms with Gasteiger partial charge in [0.2, 0.25) is 0 Å². The molecule has 4 heterocycles. The number of amides is 2. The summed E-state index contributed by atoms with van der Waals surface area (Å²) in [5.74, 6) is 0.0612. The molecule has 0 radical (unpaired) electrons. The van der Waals surface area contributed by atoms with Crippen molar-refractivity contribution in [3.63, 3.8) is 0 Å². The van der Waals surface area contributed by atoms with Gasteiger partial charge in [-0.05, 0) is 56.1 Å². The average molecular weight is 365 g/mol. The van der Waals surface area contributed by atoms with Crippen LogP contribution in [0.1, 0.15) is 33.7 Å². The highest BCUT2D eigenvalue weighted by molar-refractivity contribution is 6.05. The minimum Gasteiger partial charge on any atom is -0.397 e. The number of nitrogen functional groups attached to an aromatic ring is 1. The van der Waals surface area contributed by atoms with Gasteiger partial charge < -0.3 is 21.3 Å². The van der Waals surface area contributed by atoms with Crippen molar-refractivity contribution >= 4 is 23.2 Å². The Balaban J connectivity index is 1.39. The maximum Gasteiger partial charge on any atom is 0.274 e. The monoisotopic (exact) mass is 365 g/mol. The van der Waals surface area contributed by atoms with Gasteiger partial charge in [-0.1, -0.05) is 12.1 Å². The van der Waals surface area contributed by atoms with Crippen molar-refractivity contribution < 1.29 is 9.59 Å². The third-order valence-corrected chi connectivity index (χ3v) is 5.44. The number of rotatable bonds is 4. The van der Waals surface area contributed by atoms with Crippen LogP contribution in [0.4, 0.5) is 11.4 Å². The smallest absolute Gasteiger partial charge is 0.274 e. The molecule has 27 heavy (non-hydrogen) atoms. The lowest BCUT2D eigenvalue weighted by Gasteiger charge is -2.44. The first-order valence-corrected chi connectivity index (χ1v) is 9.25. The predicted octanol–water partition coefficient (Wildman–Crippen LogP) is 1.74. The molecule has 3 saturated heterocycles. The van der Waals surface area contributed by atoms with Crippen molar-refractivity contribution in [2.75, 3.05) is 30.7 Å². The van der Waals surface area contributed by atoms with Gasteiger partial charge in [0.15, 0.2) is 0 Å². The number of pyridine rings is 1. The van der Waals surface area contributed by atoms with Gasteiger partial charge >= 0.3 is 0 Å². The number of anilines is 2. The van der Waals surface area contributed by atoms with Crippen molar-refractivity contribution in [2.45, 2.75) is 18.9 Å². The van der Waals surface area contributed by atoms with Gasteiger partial charge in [0.1, 0.15) is 5.69 Å². The summed E-state index contributed by atoms with van der Waals surface area (Å²) >= 11 is 0. The van der Waals surface area contributed by atoms with E-state index in [0.717, 1.165) is 32.5 Å². The van der Waals surface area contributed by atoms with E-state index in [-0.39, 0.29) is 23.6 Å². The van der Waals surface area contributed by atoms with Gasteiger partial charge in [0.05, 0.1) is 16.9 Å². The Morgan fingerprint density at radius 1 is 1.07 bits per heavy atom. The molecule has 1 aromatic heterocycles. The Morgan fingerprint density at radius 2 is 1.85 bits per heavy atom. The number of hydrogen-bond acceptors (Lipinski definition) is 5. The average Bonchev–Trinajstić information content (AvgIpc) is 2.71. The zero-order chi connectivity index (χ0) is 18.8. The van der Waals surface area contributed by atoms with E-state index in [2.05, 4.69) is 20.5 Å². The molecule has 4 N–H and O–H groups in total. The van der Waals surface area contributed by atoms with Gasteiger partial charge in [-0.3, -0.25) is 14.6 Å². The normalized spacial score (nSPS) is 23.6. The van der Waals surface area contributed by atoms with Crippen LogP contribution in [-0.2, 0) is 0 Å². The molecule has 3 aliphatic rings. The third-order valence-electron chi connectivity index (χ3n) is 5.44. The minimum atomic E-state index is -0.364. The van der Waals surface area contributed by atoms with Crippen LogP contribution in [-0.4, -0.2) is 47.4 Å². The van der Waals surface area contributed by atoms with Crippen LogP contribution in [0.25, 0.3) is 0 Å². The quantitative estimate of drug-likeness (QED) is 0.717. The fourth-order valence-electron chi connectivity index (χ4n) is 3.84. The van der Waals surface area contributed by atoms with E-state index in [1.807, 2.05) is 0 Å². The number of nitrogens with zero attached hydrogens (tertiary/aromatic N) is 2. The summed E-state index contributed by atoms with van der Waals surface area (Å²) in [5.41, 5.74) is 7.55. The van der Waals surface area contributed by atoms with Crippen LogP contribution in [0.3, 0.4) is 0 Å². The molecule has 0 spiro atoms. The van der Waals surface area contributed by atoms with Crippen LogP contribution in [0, 0.1) is 5.92 Å². The summed E-state index contributed by atoms with van der Waals surface area (Å²) in [5, 5.41) is 5.85. The molecule has 1 atom stereocenters. The van der Waals surface area contributed by atoms with Crippen molar-refractivity contribution in [3.05, 3.63) is 53.9 Å². The number of fused-ring (bicyclic) bond motifs is 3. The summed E-state index contributed by atoms with van der Waals surface area (Å²) in [6, 6.07) is 10.4. The molecule has 2 amide bonds. The topological polar surface area (TPSA) is 100 Å². The van der Waals surface area contributed by atoms with E-state index in [0.29, 0.717) is 22.9 Å². The minimum absolute atomic E-state index is 0.138. The number of para-hydroxylation sites is 2. The molecule has 1 aromatic carbocycles. The Kier molecular flexibility index (Phi) is 4.77. The van der Waals surface area contributed by atoms with E-state index in [4.69, 9.17) is 5.73 Å². The number of hydrogen-bond donors (Lipinski definition) is 3. The summed E-state index contributed by atoms with van der Waals surface area (Å²) in [4.78, 5) is 31.4. The summed E-state index contributed by atoms with van der Waals surface area (Å²) in [7, 11) is 0. The van der Waals surface area contributed by atoms with Crippen molar-refractivity contribution in [1.82, 2.24) is 15.2 Å². The lowest BCUT2D eigenvalue weighted by molar-refractivity contribution is 0.0620. The zero-order valence-corrected chi connectivity index (χ0v) is 15.0. The molecule has 140 valence electrons. The molecule has 1 unspecified atom stereocenters. The van der Waals surface area contributed by atoms with E-state index in [9.17, 15) is 9.59 Å². The third kappa shape index (κ3) is 3.78. The number of nitrogens with two attached hydrogens (primary N) is 1. The lowest BCUT2D eigenvalue weighted by Crippen LogP contribution is -2.57. The Labute approximate surface area is 158 Å². The SMILES string of the molecule is Nc1ccccc1NC(=O)c1ccc(C(=O)NC2CN3CCC2CC3)cn1. The fraction of sp³-hybridized carbons (Fsp3) is 0.350. The molecule has 0 saturated carbocycles. The van der Waals surface area contributed by atoms with Crippen LogP contribution in [0.2, 0.25) is 0 Å². The molecule has 0 aliphatic carbocycles. The second kappa shape index (κ2) is 7.36. The highest BCUT2D eigenvalue weighted by Crippen LogP contribution is 2.27. The second-order valence-corrected chi connectivity index (χ2v) is 7.19. The predicted molar refractivity (Wildman–Crippen MR) is 103 cm³/mol. The molecule has 7 heteroatoms. The Morgan fingerprint density at radius 3 is 2.48 bits per heavy atom. The standard InChI is InChI=1S/C20H23N5O2/c21-15-3-1-2-4-16(15)23-20(27)17-6-5-14(11-22-17)19(26)24-18-12-25-9-7-13(18)8-10-25/h1-6,11,13,18H,7-10,12,21H2,(H,23,27)(H,24,26). The number of benzene rings is 1. The summed E-state index contributed by atoms with van der Waals surface area (Å²) in [6.45, 7) is 3.19. The second-order valence-electron chi connectivity index (χ2n) is 7.19. The number of piperidine rings is 3. The first-order valence-electron chi connectivity index (χ1n) is 9.25. The maximum absolute atomic E-state index is 12.5. The van der Waals surface area contributed by atoms with E-state index < -0.39 is 0 Å². The molecule has 2 bridgehead atoms. The van der Waals surface area contributed by atoms with Crippen LogP contribution < -0.4 is 16.4 Å². The van der Waals surface area contributed by atoms with E-state index in [1.54, 1.807) is 36.4 Å². The summed E-state index contributed by atoms with van der Waals surface area (Å²) in [6.07, 6.45) is 3.73. The van der Waals surface area contributed by atoms with Crippen molar-refractivity contribution in [2.24, 2.45) is 5.92 Å². The van der Waals surface area contributed by atoms with Gasteiger partial charge in [-0.2, -0.15) is 0 Å². The van der Waals surface area contributed by atoms with Gasteiger partial charge in [-0.15, -0.1) is 0 Å². The highest BCUT2D eigenvalue weighted by atomic mass is 16.2. The van der Waals surface area contributed by atoms with E-state index in [1.165, 1.54) is 6.20 Å². The van der Waals surface area contributed by atoms with Gasteiger partial charge in [0.25, 0.3) is 11.8 Å².